The lowest BCUT2D eigenvalue weighted by molar-refractivity contribution is 0.0950. The first-order valence-corrected chi connectivity index (χ1v) is 7.90. The first-order valence-electron chi connectivity index (χ1n) is 7.90. The third-order valence-electron chi connectivity index (χ3n) is 3.88. The lowest BCUT2D eigenvalue weighted by Gasteiger charge is -2.11. The van der Waals surface area contributed by atoms with Gasteiger partial charge in [-0.3, -0.25) is 9.78 Å². The second kappa shape index (κ2) is 7.74. The minimum atomic E-state index is -1.06. The molecule has 0 aliphatic carbocycles. The number of benzene rings is 2. The predicted octanol–water partition coefficient (Wildman–Crippen LogP) is 3.97. The van der Waals surface area contributed by atoms with Crippen LogP contribution in [0.3, 0.4) is 0 Å². The topological polar surface area (TPSA) is 51.2 Å². The summed E-state index contributed by atoms with van der Waals surface area (Å²) >= 11 is 0. The van der Waals surface area contributed by atoms with Crippen molar-refractivity contribution >= 4 is 5.91 Å². The van der Waals surface area contributed by atoms with E-state index in [1.54, 1.807) is 19.4 Å². The maximum Gasteiger partial charge on any atom is 0.251 e. The number of amides is 1. The number of hydrogen-bond acceptors (Lipinski definition) is 3. The van der Waals surface area contributed by atoms with E-state index in [-0.39, 0.29) is 12.1 Å². The van der Waals surface area contributed by atoms with E-state index in [9.17, 15) is 13.6 Å². The molecule has 3 aromatic rings. The number of halogens is 2. The van der Waals surface area contributed by atoms with E-state index >= 15 is 0 Å². The molecule has 0 aliphatic heterocycles. The highest BCUT2D eigenvalue weighted by atomic mass is 19.2. The molecule has 1 N–H and O–H groups in total. The van der Waals surface area contributed by atoms with Crippen molar-refractivity contribution in [3.05, 3.63) is 83.6 Å². The highest BCUT2D eigenvalue weighted by Crippen LogP contribution is 2.23. The van der Waals surface area contributed by atoms with Gasteiger partial charge >= 0.3 is 0 Å². The summed E-state index contributed by atoms with van der Waals surface area (Å²) in [5.74, 6) is -1.81. The predicted molar refractivity (Wildman–Crippen MR) is 93.8 cm³/mol. The van der Waals surface area contributed by atoms with E-state index in [2.05, 4.69) is 10.3 Å². The van der Waals surface area contributed by atoms with Crippen molar-refractivity contribution in [2.45, 2.75) is 6.54 Å². The van der Waals surface area contributed by atoms with Crippen LogP contribution < -0.4 is 10.1 Å². The summed E-state index contributed by atoms with van der Waals surface area (Å²) in [7, 11) is 1.59. The molecule has 0 fully saturated rings. The van der Waals surface area contributed by atoms with Gasteiger partial charge in [-0.25, -0.2) is 8.78 Å². The van der Waals surface area contributed by atoms with Crippen LogP contribution in [-0.2, 0) is 6.54 Å². The average Bonchev–Trinajstić information content (AvgIpc) is 2.68. The standard InChI is InChI=1S/C20H16F2N2O2/c1-26-16-7-4-13(5-8-16)19-15(3-2-10-23-19)12-24-20(25)14-6-9-17(21)18(22)11-14/h2-11H,12H2,1H3,(H,24,25). The summed E-state index contributed by atoms with van der Waals surface area (Å²) in [6.45, 7) is 0.201. The van der Waals surface area contributed by atoms with Crippen LogP contribution in [0, 0.1) is 11.6 Å². The molecular weight excluding hydrogens is 338 g/mol. The Kier molecular flexibility index (Phi) is 5.22. The van der Waals surface area contributed by atoms with Gasteiger partial charge in [0.05, 0.1) is 12.8 Å². The summed E-state index contributed by atoms with van der Waals surface area (Å²) in [4.78, 5) is 16.6. The van der Waals surface area contributed by atoms with Crippen LogP contribution in [0.1, 0.15) is 15.9 Å². The van der Waals surface area contributed by atoms with Gasteiger partial charge in [-0.2, -0.15) is 0 Å². The second-order valence-electron chi connectivity index (χ2n) is 5.55. The minimum absolute atomic E-state index is 0.0544. The lowest BCUT2D eigenvalue weighted by Crippen LogP contribution is -2.23. The number of rotatable bonds is 5. The number of carbonyl (C=O) groups is 1. The number of carbonyl (C=O) groups excluding carboxylic acids is 1. The molecule has 26 heavy (non-hydrogen) atoms. The van der Waals surface area contributed by atoms with Gasteiger partial charge in [-0.1, -0.05) is 6.07 Å². The van der Waals surface area contributed by atoms with Gasteiger partial charge in [0, 0.05) is 23.9 Å². The highest BCUT2D eigenvalue weighted by Gasteiger charge is 2.12. The van der Waals surface area contributed by atoms with Crippen molar-refractivity contribution in [3.8, 4) is 17.0 Å². The normalized spacial score (nSPS) is 10.4. The minimum Gasteiger partial charge on any atom is -0.497 e. The molecule has 0 atom stereocenters. The van der Waals surface area contributed by atoms with E-state index in [0.717, 1.165) is 34.7 Å². The first-order chi connectivity index (χ1) is 12.6. The van der Waals surface area contributed by atoms with Crippen LogP contribution >= 0.6 is 0 Å². The molecule has 1 aromatic heterocycles. The molecule has 2 aromatic carbocycles. The molecule has 1 amide bonds. The molecule has 3 rings (SSSR count). The third kappa shape index (κ3) is 3.85. The van der Waals surface area contributed by atoms with Crippen molar-refractivity contribution in [3.63, 3.8) is 0 Å². The summed E-state index contributed by atoms with van der Waals surface area (Å²) in [5.41, 5.74) is 2.46. The Labute approximate surface area is 149 Å². The number of hydrogen-bond donors (Lipinski definition) is 1. The molecule has 6 heteroatoms. The Morgan fingerprint density at radius 3 is 2.54 bits per heavy atom. The fraction of sp³-hybridized carbons (Fsp3) is 0.100. The highest BCUT2D eigenvalue weighted by molar-refractivity contribution is 5.94. The van der Waals surface area contributed by atoms with Crippen LogP contribution in [0.4, 0.5) is 8.78 Å². The Morgan fingerprint density at radius 1 is 1.08 bits per heavy atom. The Morgan fingerprint density at radius 2 is 1.85 bits per heavy atom. The van der Waals surface area contributed by atoms with Gasteiger partial charge in [-0.05, 0) is 54.1 Å². The number of pyridine rings is 1. The van der Waals surface area contributed by atoms with Gasteiger partial charge in [0.25, 0.3) is 5.91 Å². The molecule has 0 unspecified atom stereocenters. The quantitative estimate of drug-likeness (QED) is 0.754. The molecular formula is C20H16F2N2O2. The zero-order valence-corrected chi connectivity index (χ0v) is 14.0. The Balaban J connectivity index is 1.77. The van der Waals surface area contributed by atoms with Crippen LogP contribution in [0.2, 0.25) is 0 Å². The van der Waals surface area contributed by atoms with E-state index < -0.39 is 17.5 Å². The fourth-order valence-electron chi connectivity index (χ4n) is 2.51. The van der Waals surface area contributed by atoms with Gasteiger partial charge in [0.2, 0.25) is 0 Å². The largest absolute Gasteiger partial charge is 0.497 e. The number of aromatic nitrogens is 1. The van der Waals surface area contributed by atoms with Crippen molar-refractivity contribution in [1.82, 2.24) is 10.3 Å². The van der Waals surface area contributed by atoms with Crippen molar-refractivity contribution < 1.29 is 18.3 Å². The summed E-state index contributed by atoms with van der Waals surface area (Å²) < 4.78 is 31.4. The van der Waals surface area contributed by atoms with Gasteiger partial charge in [-0.15, -0.1) is 0 Å². The molecule has 1 heterocycles. The van der Waals surface area contributed by atoms with Gasteiger partial charge in [0.1, 0.15) is 5.75 Å². The molecule has 0 spiro atoms. The molecule has 4 nitrogen and oxygen atoms in total. The van der Waals surface area contributed by atoms with Gasteiger partial charge < -0.3 is 10.1 Å². The SMILES string of the molecule is COc1ccc(-c2ncccc2CNC(=O)c2ccc(F)c(F)c2)cc1. The maximum absolute atomic E-state index is 13.3. The number of methoxy groups -OCH3 is 1. The van der Waals surface area contributed by atoms with E-state index in [4.69, 9.17) is 4.74 Å². The molecule has 0 aliphatic rings. The van der Waals surface area contributed by atoms with E-state index in [1.807, 2.05) is 30.3 Å². The van der Waals surface area contributed by atoms with E-state index in [0.29, 0.717) is 0 Å². The second-order valence-corrected chi connectivity index (χ2v) is 5.55. The Bertz CT molecular complexity index is 927. The monoisotopic (exact) mass is 354 g/mol. The van der Waals surface area contributed by atoms with E-state index in [1.165, 1.54) is 6.07 Å². The molecule has 0 radical (unpaired) electrons. The zero-order chi connectivity index (χ0) is 18.5. The first kappa shape index (κ1) is 17.5. The van der Waals surface area contributed by atoms with Crippen molar-refractivity contribution in [1.29, 1.82) is 0 Å². The molecule has 0 saturated heterocycles. The van der Waals surface area contributed by atoms with Crippen molar-refractivity contribution in [2.24, 2.45) is 0 Å². The summed E-state index contributed by atoms with van der Waals surface area (Å²) in [5, 5.41) is 2.70. The average molecular weight is 354 g/mol. The molecule has 0 bridgehead atoms. The maximum atomic E-state index is 13.3. The number of nitrogens with zero attached hydrogens (tertiary/aromatic N) is 1. The molecule has 0 saturated carbocycles. The van der Waals surface area contributed by atoms with Crippen molar-refractivity contribution in [2.75, 3.05) is 7.11 Å². The van der Waals surface area contributed by atoms with Crippen LogP contribution in [0.25, 0.3) is 11.3 Å². The van der Waals surface area contributed by atoms with Crippen LogP contribution in [-0.4, -0.2) is 18.0 Å². The zero-order valence-electron chi connectivity index (χ0n) is 14.0. The fourth-order valence-corrected chi connectivity index (χ4v) is 2.51. The Hall–Kier alpha value is -3.28. The number of ether oxygens (including phenoxy) is 1. The molecule has 132 valence electrons. The van der Waals surface area contributed by atoms with Crippen LogP contribution in [0.15, 0.2) is 60.8 Å². The third-order valence-corrected chi connectivity index (χ3v) is 3.88. The smallest absolute Gasteiger partial charge is 0.251 e. The summed E-state index contributed by atoms with van der Waals surface area (Å²) in [6.07, 6.45) is 1.67. The lowest BCUT2D eigenvalue weighted by atomic mass is 10.1. The number of nitrogens with one attached hydrogen (secondary N) is 1. The van der Waals surface area contributed by atoms with Gasteiger partial charge in [0.15, 0.2) is 11.6 Å². The van der Waals surface area contributed by atoms with Crippen LogP contribution in [0.5, 0.6) is 5.75 Å². The summed E-state index contributed by atoms with van der Waals surface area (Å²) in [6, 6.07) is 14.1.